The Kier molecular flexibility index (Phi) is 8.84. The third-order valence-electron chi connectivity index (χ3n) is 15.1. The molecule has 0 radical (unpaired) electrons. The van der Waals surface area contributed by atoms with Crippen LogP contribution in [0.15, 0.2) is 75.2 Å². The number of aromatic nitrogens is 9. The quantitative estimate of drug-likeness (QED) is 0.170. The Hall–Kier alpha value is -6.95. The fraction of sp³-hybridized carbons (Fsp3) is 0.388. The molecule has 3 aliphatic heterocycles. The lowest BCUT2D eigenvalue weighted by atomic mass is 9.83. The number of imidazole rings is 1. The topological polar surface area (TPSA) is 156 Å². The molecule has 0 unspecified atom stereocenters. The summed E-state index contributed by atoms with van der Waals surface area (Å²) < 4.78 is 67.7. The number of carbonyl (C=O) groups excluding carboxylic acids is 1. The first-order valence-corrected chi connectivity index (χ1v) is 22.7. The van der Waals surface area contributed by atoms with Gasteiger partial charge in [-0.05, 0) is 125 Å². The van der Waals surface area contributed by atoms with Crippen molar-refractivity contribution in [3.63, 3.8) is 0 Å². The Balaban J connectivity index is 1.03. The maximum absolute atomic E-state index is 17.9. The Morgan fingerprint density at radius 1 is 0.896 bits per heavy atom. The van der Waals surface area contributed by atoms with Gasteiger partial charge < -0.3 is 14.2 Å². The highest BCUT2D eigenvalue weighted by Crippen LogP contribution is 2.57. The number of H-pyrrole nitrogens is 1. The van der Waals surface area contributed by atoms with Crippen molar-refractivity contribution >= 4 is 27.7 Å². The van der Waals surface area contributed by atoms with Crippen LogP contribution in [0.1, 0.15) is 109 Å². The minimum Gasteiger partial charge on any atom is -0.376 e. The van der Waals surface area contributed by atoms with Crippen molar-refractivity contribution in [3.8, 4) is 17.2 Å². The van der Waals surface area contributed by atoms with E-state index in [1.165, 1.54) is 33.8 Å². The first-order chi connectivity index (χ1) is 32.1. The highest BCUT2D eigenvalue weighted by Gasteiger charge is 2.60. The monoisotopic (exact) mass is 912 g/mol. The fourth-order valence-electron chi connectivity index (χ4n) is 11.7. The molecule has 8 aromatic rings. The highest BCUT2D eigenvalue weighted by atomic mass is 19.1. The molecule has 1 aliphatic carbocycles. The van der Waals surface area contributed by atoms with Crippen molar-refractivity contribution < 1.29 is 27.2 Å². The standard InChI is InChI=1S/C49H47F3N10O5/c1-24-17-30(18-25(2)39(24)50)62-43(59-15-14-58(47(59)65)37-12-11-34-32(40(37)51)23-53-57(34)6)38-33(55-62)20-29-8-10-36(38)60(29)44(63)42-41(52)31-19-27(28-13-16-66-48(4,5)22-28)7-9-35(31)61(42)49(21-26(49)3)45-54-46(64)67-56-45/h7,9,11-12,14-15,17-19,23,26,28-29,36H,8,10,13,16,20-22H2,1-6H3,(H,54,56,64)/t26-,28+,29+,36-,49-/m0/s1. The van der Waals surface area contributed by atoms with Crippen LogP contribution in [0.4, 0.5) is 13.2 Å². The lowest BCUT2D eigenvalue weighted by Crippen LogP contribution is -2.44. The second-order valence-electron chi connectivity index (χ2n) is 19.6. The van der Waals surface area contributed by atoms with Crippen molar-refractivity contribution in [2.45, 2.75) is 102 Å². The third-order valence-corrected chi connectivity index (χ3v) is 15.1. The number of hydrogen-bond acceptors (Lipinski definition) is 8. The van der Waals surface area contributed by atoms with E-state index in [4.69, 9.17) is 14.4 Å². The van der Waals surface area contributed by atoms with Crippen LogP contribution >= 0.6 is 0 Å². The molecule has 344 valence electrons. The summed E-state index contributed by atoms with van der Waals surface area (Å²) in [5.41, 5.74) is 2.18. The summed E-state index contributed by atoms with van der Waals surface area (Å²) in [4.78, 5) is 47.5. The van der Waals surface area contributed by atoms with E-state index in [0.29, 0.717) is 70.8 Å². The number of halogens is 3. The van der Waals surface area contributed by atoms with E-state index in [-0.39, 0.29) is 57.7 Å². The molecule has 15 nitrogen and oxygen atoms in total. The maximum atomic E-state index is 17.9. The van der Waals surface area contributed by atoms with Crippen LogP contribution in [0.5, 0.6) is 0 Å². The van der Waals surface area contributed by atoms with Gasteiger partial charge in [0.1, 0.15) is 22.9 Å². The zero-order valence-corrected chi connectivity index (χ0v) is 37.7. The zero-order chi connectivity index (χ0) is 46.6. The summed E-state index contributed by atoms with van der Waals surface area (Å²) in [6.07, 6.45) is 7.69. The molecule has 18 heteroatoms. The smallest absolute Gasteiger partial charge is 0.376 e. The van der Waals surface area contributed by atoms with Crippen molar-refractivity contribution in [1.82, 2.24) is 48.3 Å². The SMILES string of the molecule is Cc1cc(-n2nc3c(c2-n2ccn(-c4ccc5c(cnn5C)c4F)c2=O)[C@@H]2CC[C@H](C3)N2C(=O)c2c(F)c3cc([C@@H]4CCOC(C)(C)C4)ccc3n2[C@@]2(c3noc(=O)[nH]3)C[C@@H]2C)cc(C)c1F. The van der Waals surface area contributed by atoms with Gasteiger partial charge in [0, 0.05) is 49.5 Å². The van der Waals surface area contributed by atoms with E-state index in [1.807, 2.05) is 39.0 Å². The van der Waals surface area contributed by atoms with Crippen LogP contribution in [0, 0.1) is 37.2 Å². The van der Waals surface area contributed by atoms with Gasteiger partial charge in [-0.15, -0.1) is 0 Å². The van der Waals surface area contributed by atoms with E-state index >= 15 is 18.0 Å². The molecule has 0 spiro atoms. The molecule has 3 fully saturated rings. The average Bonchev–Trinajstić information content (AvgIpc) is 3.97. The first kappa shape index (κ1) is 41.5. The number of aromatic amines is 1. The number of aryl methyl sites for hydroxylation is 3. The summed E-state index contributed by atoms with van der Waals surface area (Å²) in [6.45, 7) is 9.93. The van der Waals surface area contributed by atoms with Gasteiger partial charge in [0.25, 0.3) is 5.91 Å². The largest absolute Gasteiger partial charge is 0.438 e. The summed E-state index contributed by atoms with van der Waals surface area (Å²) in [5, 5.41) is 13.9. The van der Waals surface area contributed by atoms with Crippen LogP contribution in [0.2, 0.25) is 0 Å². The Morgan fingerprint density at radius 2 is 1.64 bits per heavy atom. The predicted octanol–water partition coefficient (Wildman–Crippen LogP) is 7.72. The van der Waals surface area contributed by atoms with Gasteiger partial charge in [-0.1, -0.05) is 18.1 Å². The molecule has 1 saturated carbocycles. The van der Waals surface area contributed by atoms with Gasteiger partial charge in [0.2, 0.25) is 0 Å². The molecule has 5 atom stereocenters. The molecular formula is C49H47F3N10O5. The lowest BCUT2D eigenvalue weighted by Gasteiger charge is -2.35. The van der Waals surface area contributed by atoms with E-state index < -0.39 is 46.6 Å². The summed E-state index contributed by atoms with van der Waals surface area (Å²) in [7, 11) is 1.71. The third kappa shape index (κ3) is 5.93. The number of carbonyl (C=O) groups is 1. The zero-order valence-electron chi connectivity index (χ0n) is 37.7. The first-order valence-electron chi connectivity index (χ1n) is 22.7. The van der Waals surface area contributed by atoms with Crippen LogP contribution in [0.25, 0.3) is 39.0 Å². The van der Waals surface area contributed by atoms with E-state index in [1.54, 1.807) is 57.9 Å². The maximum Gasteiger partial charge on any atom is 0.438 e. The molecule has 8 heterocycles. The number of nitrogens with one attached hydrogen (secondary N) is 1. The fourth-order valence-corrected chi connectivity index (χ4v) is 11.7. The summed E-state index contributed by atoms with van der Waals surface area (Å²) in [5.74, 6) is -2.57. The number of rotatable bonds is 7. The van der Waals surface area contributed by atoms with Gasteiger partial charge in [0.05, 0.1) is 51.3 Å². The number of amides is 1. The van der Waals surface area contributed by atoms with Crippen molar-refractivity contribution in [2.75, 3.05) is 6.61 Å². The number of ether oxygens (including phenoxy) is 1. The van der Waals surface area contributed by atoms with Crippen LogP contribution in [-0.4, -0.2) is 72.5 Å². The molecular weight excluding hydrogens is 866 g/mol. The second-order valence-corrected chi connectivity index (χ2v) is 19.6. The molecule has 3 aromatic carbocycles. The number of benzene rings is 3. The molecule has 67 heavy (non-hydrogen) atoms. The van der Waals surface area contributed by atoms with Crippen molar-refractivity contribution in [3.05, 3.63) is 139 Å². The lowest BCUT2D eigenvalue weighted by molar-refractivity contribution is -0.0592. The summed E-state index contributed by atoms with van der Waals surface area (Å²) in [6, 6.07) is 11.1. The Labute approximate surface area is 380 Å². The number of nitrogens with zero attached hydrogens (tertiary/aromatic N) is 9. The Morgan fingerprint density at radius 3 is 2.36 bits per heavy atom. The van der Waals surface area contributed by atoms with E-state index in [2.05, 4.69) is 15.2 Å². The molecule has 1 N–H and O–H groups in total. The molecule has 5 aromatic heterocycles. The van der Waals surface area contributed by atoms with Crippen molar-refractivity contribution in [1.29, 1.82) is 0 Å². The number of fused-ring (bicyclic) bond motifs is 6. The van der Waals surface area contributed by atoms with E-state index in [0.717, 1.165) is 18.4 Å². The van der Waals surface area contributed by atoms with Gasteiger partial charge in [-0.2, -0.15) is 10.2 Å². The molecule has 2 saturated heterocycles. The van der Waals surface area contributed by atoms with Gasteiger partial charge in [-0.3, -0.25) is 28.1 Å². The van der Waals surface area contributed by atoms with E-state index in [9.17, 15) is 9.59 Å². The van der Waals surface area contributed by atoms with Crippen LogP contribution in [-0.2, 0) is 23.7 Å². The minimum absolute atomic E-state index is 0.0130. The van der Waals surface area contributed by atoms with Gasteiger partial charge in [-0.25, -0.2) is 27.4 Å². The molecule has 12 rings (SSSR count). The molecule has 2 bridgehead atoms. The molecule has 4 aliphatic rings. The average molecular weight is 913 g/mol. The number of hydrogen-bond donors (Lipinski definition) is 1. The summed E-state index contributed by atoms with van der Waals surface area (Å²) >= 11 is 0. The van der Waals surface area contributed by atoms with Crippen LogP contribution < -0.4 is 11.4 Å². The second kappa shape index (κ2) is 14.3. The highest BCUT2D eigenvalue weighted by molar-refractivity contribution is 6.01. The molecule has 1 amide bonds. The van der Waals surface area contributed by atoms with Gasteiger partial charge in [0.15, 0.2) is 17.5 Å². The van der Waals surface area contributed by atoms with Gasteiger partial charge >= 0.3 is 11.4 Å². The predicted molar refractivity (Wildman–Crippen MR) is 240 cm³/mol. The van der Waals surface area contributed by atoms with Crippen LogP contribution in [0.3, 0.4) is 0 Å². The minimum atomic E-state index is -1.10. The normalized spacial score (nSPS) is 23.1. The van der Waals surface area contributed by atoms with Crippen molar-refractivity contribution in [2.24, 2.45) is 13.0 Å². The Bertz CT molecular complexity index is 3510.